The highest BCUT2D eigenvalue weighted by Crippen LogP contribution is 1.92. The van der Waals surface area contributed by atoms with Crippen LogP contribution >= 0.6 is 0 Å². The first-order chi connectivity index (χ1) is 8.72. The average molecular weight is 254 g/mol. The number of hydrogen-bond acceptors (Lipinski definition) is 5. The van der Waals surface area contributed by atoms with Crippen molar-refractivity contribution in [3.8, 4) is 0 Å². The van der Waals surface area contributed by atoms with Crippen LogP contribution in [0.4, 0.5) is 0 Å². The molecule has 0 saturated heterocycles. The Morgan fingerprint density at radius 1 is 1.39 bits per heavy atom. The molecular formula is C11H18N4O3. The Hall–Kier alpha value is -1.92. The fourth-order valence-electron chi connectivity index (χ4n) is 1.35. The van der Waals surface area contributed by atoms with E-state index >= 15 is 0 Å². The van der Waals surface area contributed by atoms with E-state index in [-0.39, 0.29) is 11.9 Å². The lowest BCUT2D eigenvalue weighted by Gasteiger charge is -2.05. The second kappa shape index (κ2) is 8.21. The Bertz CT molecular complexity index is 364. The summed E-state index contributed by atoms with van der Waals surface area (Å²) in [6.07, 6.45) is 4.26. The van der Waals surface area contributed by atoms with Gasteiger partial charge in [-0.05, 0) is 13.3 Å². The van der Waals surface area contributed by atoms with Crippen molar-refractivity contribution in [1.29, 1.82) is 0 Å². The molecule has 0 aliphatic carbocycles. The van der Waals surface area contributed by atoms with Gasteiger partial charge in [-0.15, -0.1) is 0 Å². The van der Waals surface area contributed by atoms with Gasteiger partial charge in [0.05, 0.1) is 13.2 Å². The molecule has 0 aromatic carbocycles. The standard InChI is InChI=1S/C11H18N4O3/c1-2-18-11(17)4-3-6-13-10(16)5-7-15-9-12-8-14-15/h8-9H,2-7H2,1H3,(H,13,16). The van der Waals surface area contributed by atoms with Gasteiger partial charge in [-0.1, -0.05) is 0 Å². The Labute approximate surface area is 106 Å². The molecule has 0 atom stereocenters. The number of carbonyl (C=O) groups is 2. The van der Waals surface area contributed by atoms with Crippen molar-refractivity contribution in [2.24, 2.45) is 0 Å². The SMILES string of the molecule is CCOC(=O)CCCNC(=O)CCn1cncn1. The molecule has 1 heterocycles. The largest absolute Gasteiger partial charge is 0.466 e. The molecule has 1 N–H and O–H groups in total. The van der Waals surface area contributed by atoms with Gasteiger partial charge in [0.2, 0.25) is 5.91 Å². The molecule has 100 valence electrons. The van der Waals surface area contributed by atoms with Crippen LogP contribution in [-0.2, 0) is 20.9 Å². The lowest BCUT2D eigenvalue weighted by Crippen LogP contribution is -2.26. The molecule has 0 spiro atoms. The quantitative estimate of drug-likeness (QED) is 0.526. The molecule has 0 bridgehead atoms. The first kappa shape index (κ1) is 14.1. The Morgan fingerprint density at radius 2 is 2.22 bits per heavy atom. The predicted molar refractivity (Wildman–Crippen MR) is 63.5 cm³/mol. The minimum Gasteiger partial charge on any atom is -0.466 e. The highest BCUT2D eigenvalue weighted by Gasteiger charge is 2.04. The smallest absolute Gasteiger partial charge is 0.305 e. The summed E-state index contributed by atoms with van der Waals surface area (Å²) in [6.45, 7) is 3.14. The van der Waals surface area contributed by atoms with Crippen LogP contribution in [0.15, 0.2) is 12.7 Å². The normalized spacial score (nSPS) is 10.1. The number of hydrogen-bond donors (Lipinski definition) is 1. The van der Waals surface area contributed by atoms with Gasteiger partial charge in [0.1, 0.15) is 12.7 Å². The first-order valence-corrected chi connectivity index (χ1v) is 5.97. The highest BCUT2D eigenvalue weighted by atomic mass is 16.5. The summed E-state index contributed by atoms with van der Waals surface area (Å²) in [4.78, 5) is 26.2. The molecule has 18 heavy (non-hydrogen) atoms. The molecule has 1 rings (SSSR count). The zero-order valence-corrected chi connectivity index (χ0v) is 10.5. The van der Waals surface area contributed by atoms with Gasteiger partial charge in [-0.25, -0.2) is 4.98 Å². The molecule has 0 aliphatic rings. The van der Waals surface area contributed by atoms with E-state index < -0.39 is 0 Å². The number of nitrogens with zero attached hydrogens (tertiary/aromatic N) is 3. The van der Waals surface area contributed by atoms with Gasteiger partial charge in [0.15, 0.2) is 0 Å². The van der Waals surface area contributed by atoms with Crippen molar-refractivity contribution in [3.63, 3.8) is 0 Å². The topological polar surface area (TPSA) is 86.1 Å². The molecule has 1 amide bonds. The van der Waals surface area contributed by atoms with Gasteiger partial charge in [-0.2, -0.15) is 5.10 Å². The van der Waals surface area contributed by atoms with E-state index in [1.165, 1.54) is 6.33 Å². The third-order valence-electron chi connectivity index (χ3n) is 2.22. The molecule has 1 aromatic rings. The van der Waals surface area contributed by atoms with Crippen LogP contribution in [0.3, 0.4) is 0 Å². The summed E-state index contributed by atoms with van der Waals surface area (Å²) in [5.74, 6) is -0.288. The van der Waals surface area contributed by atoms with Crippen molar-refractivity contribution < 1.29 is 14.3 Å². The Balaban J connectivity index is 2.01. The fraction of sp³-hybridized carbons (Fsp3) is 0.636. The maximum absolute atomic E-state index is 11.4. The van der Waals surface area contributed by atoms with Crippen molar-refractivity contribution >= 4 is 11.9 Å². The van der Waals surface area contributed by atoms with Crippen LogP contribution in [0, 0.1) is 0 Å². The third-order valence-corrected chi connectivity index (χ3v) is 2.22. The number of nitrogens with one attached hydrogen (secondary N) is 1. The highest BCUT2D eigenvalue weighted by molar-refractivity contribution is 5.75. The molecule has 0 aliphatic heterocycles. The van der Waals surface area contributed by atoms with Crippen molar-refractivity contribution in [2.75, 3.05) is 13.2 Å². The lowest BCUT2D eigenvalue weighted by atomic mass is 10.3. The third kappa shape index (κ3) is 5.97. The maximum Gasteiger partial charge on any atom is 0.305 e. The Kier molecular flexibility index (Phi) is 6.45. The second-order valence-electron chi connectivity index (χ2n) is 3.67. The zero-order chi connectivity index (χ0) is 13.2. The molecule has 0 saturated carbocycles. The van der Waals surface area contributed by atoms with Crippen molar-refractivity contribution in [1.82, 2.24) is 20.1 Å². The van der Waals surface area contributed by atoms with Gasteiger partial charge in [-0.3, -0.25) is 14.3 Å². The van der Waals surface area contributed by atoms with Gasteiger partial charge in [0, 0.05) is 19.4 Å². The molecule has 1 aromatic heterocycles. The van der Waals surface area contributed by atoms with E-state index in [9.17, 15) is 9.59 Å². The molecule has 0 unspecified atom stereocenters. The number of carbonyl (C=O) groups excluding carboxylic acids is 2. The predicted octanol–water partition coefficient (Wildman–Crippen LogP) is 0.128. The van der Waals surface area contributed by atoms with Crippen LogP contribution in [-0.4, -0.2) is 39.8 Å². The number of rotatable bonds is 8. The van der Waals surface area contributed by atoms with Crippen LogP contribution in [0.5, 0.6) is 0 Å². The van der Waals surface area contributed by atoms with Crippen LogP contribution in [0.1, 0.15) is 26.2 Å². The molecule has 7 nitrogen and oxygen atoms in total. The van der Waals surface area contributed by atoms with Crippen LogP contribution in [0.2, 0.25) is 0 Å². The maximum atomic E-state index is 11.4. The summed E-state index contributed by atoms with van der Waals surface area (Å²) in [5.41, 5.74) is 0. The summed E-state index contributed by atoms with van der Waals surface area (Å²) >= 11 is 0. The minimum absolute atomic E-state index is 0.0608. The molecule has 7 heteroatoms. The molecule has 0 radical (unpaired) electrons. The summed E-state index contributed by atoms with van der Waals surface area (Å²) in [6, 6.07) is 0. The number of aryl methyl sites for hydroxylation is 1. The number of aromatic nitrogens is 3. The van der Waals surface area contributed by atoms with E-state index in [1.54, 1.807) is 17.9 Å². The summed E-state index contributed by atoms with van der Waals surface area (Å²) in [7, 11) is 0. The summed E-state index contributed by atoms with van der Waals surface area (Å²) < 4.78 is 6.37. The van der Waals surface area contributed by atoms with Crippen molar-refractivity contribution in [3.05, 3.63) is 12.7 Å². The van der Waals surface area contributed by atoms with E-state index in [0.29, 0.717) is 39.0 Å². The Morgan fingerprint density at radius 3 is 2.89 bits per heavy atom. The van der Waals surface area contributed by atoms with Crippen LogP contribution < -0.4 is 5.32 Å². The van der Waals surface area contributed by atoms with E-state index in [0.717, 1.165) is 0 Å². The monoisotopic (exact) mass is 254 g/mol. The number of amides is 1. The van der Waals surface area contributed by atoms with Crippen molar-refractivity contribution in [2.45, 2.75) is 32.7 Å². The van der Waals surface area contributed by atoms with Gasteiger partial charge >= 0.3 is 5.97 Å². The second-order valence-corrected chi connectivity index (χ2v) is 3.67. The molecular weight excluding hydrogens is 236 g/mol. The fourth-order valence-corrected chi connectivity index (χ4v) is 1.35. The number of ether oxygens (including phenoxy) is 1. The molecule has 0 fully saturated rings. The van der Waals surface area contributed by atoms with E-state index in [2.05, 4.69) is 15.4 Å². The summed E-state index contributed by atoms with van der Waals surface area (Å²) in [5, 5.41) is 6.63. The zero-order valence-electron chi connectivity index (χ0n) is 10.5. The van der Waals surface area contributed by atoms with E-state index in [4.69, 9.17) is 4.74 Å². The average Bonchev–Trinajstić information content (AvgIpc) is 2.85. The number of esters is 1. The van der Waals surface area contributed by atoms with Gasteiger partial charge < -0.3 is 10.1 Å². The lowest BCUT2D eigenvalue weighted by molar-refractivity contribution is -0.143. The first-order valence-electron chi connectivity index (χ1n) is 5.97. The van der Waals surface area contributed by atoms with E-state index in [1.807, 2.05) is 0 Å². The minimum atomic E-state index is -0.227. The van der Waals surface area contributed by atoms with Gasteiger partial charge in [0.25, 0.3) is 0 Å². The van der Waals surface area contributed by atoms with Crippen LogP contribution in [0.25, 0.3) is 0 Å².